The average Bonchev–Trinajstić information content (AvgIpc) is 3.34. The molecule has 1 aliphatic heterocycles. The molecule has 11 nitrogen and oxygen atoms in total. The van der Waals surface area contributed by atoms with Gasteiger partial charge < -0.3 is 20.7 Å². The quantitative estimate of drug-likeness (QED) is 0.105. The summed E-state index contributed by atoms with van der Waals surface area (Å²) in [6.07, 6.45) is 0.771. The van der Waals surface area contributed by atoms with E-state index < -0.39 is 16.9 Å². The molecule has 214 valence electrons. The highest BCUT2D eigenvalue weighted by molar-refractivity contribution is 7.12. The third-order valence-electron chi connectivity index (χ3n) is 6.59. The molecule has 4 N–H and O–H groups in total. The number of amides is 2. The maximum Gasteiger partial charge on any atom is 0.311 e. The number of hydrogen-bond donors (Lipinski definition) is 3. The summed E-state index contributed by atoms with van der Waals surface area (Å²) in [6, 6.07) is 11.0. The van der Waals surface area contributed by atoms with Crippen LogP contribution in [0.4, 0.5) is 5.69 Å². The van der Waals surface area contributed by atoms with Crippen LogP contribution in [0.1, 0.15) is 43.7 Å². The number of rotatable bonds is 10. The zero-order chi connectivity index (χ0) is 29.7. The van der Waals surface area contributed by atoms with E-state index in [2.05, 4.69) is 5.32 Å². The molecule has 2 aromatic carbocycles. The molecular weight excluding hydrogens is 570 g/mol. The highest BCUT2D eigenvalue weighted by Gasteiger charge is 2.31. The Kier molecular flexibility index (Phi) is 9.35. The molecule has 1 atom stereocenters. The predicted molar refractivity (Wildman–Crippen MR) is 154 cm³/mol. The third kappa shape index (κ3) is 7.27. The molecule has 0 saturated carbocycles. The zero-order valence-electron chi connectivity index (χ0n) is 22.1. The first-order valence-corrected chi connectivity index (χ1v) is 14.0. The molecule has 41 heavy (non-hydrogen) atoms. The molecule has 2 heterocycles. The van der Waals surface area contributed by atoms with Crippen molar-refractivity contribution in [3.05, 3.63) is 95.7 Å². The van der Waals surface area contributed by atoms with Gasteiger partial charge in [0.25, 0.3) is 11.6 Å². The number of thiophene rings is 1. The van der Waals surface area contributed by atoms with E-state index in [0.717, 1.165) is 15.3 Å². The number of amidine groups is 1. The van der Waals surface area contributed by atoms with E-state index in [1.54, 1.807) is 11.8 Å². The van der Waals surface area contributed by atoms with Crippen molar-refractivity contribution in [2.45, 2.75) is 38.8 Å². The number of ether oxygens (including phenoxy) is 1. The second-order valence-corrected chi connectivity index (χ2v) is 11.0. The summed E-state index contributed by atoms with van der Waals surface area (Å²) in [5.41, 5.74) is 7.44. The summed E-state index contributed by atoms with van der Waals surface area (Å²) in [5, 5.41) is 21.6. The number of benzene rings is 2. The molecular formula is C28H28ClN5O6S. The Morgan fingerprint density at radius 3 is 2.54 bits per heavy atom. The normalized spacial score (nSPS) is 13.2. The van der Waals surface area contributed by atoms with E-state index in [-0.39, 0.29) is 46.8 Å². The Labute approximate surface area is 244 Å². The Morgan fingerprint density at radius 1 is 1.20 bits per heavy atom. The van der Waals surface area contributed by atoms with Crippen LogP contribution >= 0.6 is 22.9 Å². The number of nitro benzene ring substituents is 1. The molecule has 0 saturated heterocycles. The fourth-order valence-electron chi connectivity index (χ4n) is 4.52. The van der Waals surface area contributed by atoms with Gasteiger partial charge in [0.2, 0.25) is 5.91 Å². The summed E-state index contributed by atoms with van der Waals surface area (Å²) in [7, 11) is 0. The van der Waals surface area contributed by atoms with Gasteiger partial charge in [0.1, 0.15) is 11.9 Å². The molecule has 0 aliphatic carbocycles. The van der Waals surface area contributed by atoms with Gasteiger partial charge in [-0.2, -0.15) is 0 Å². The second kappa shape index (κ2) is 12.9. The third-order valence-corrected chi connectivity index (χ3v) is 8.18. The van der Waals surface area contributed by atoms with Crippen LogP contribution in [0.15, 0.2) is 48.5 Å². The lowest BCUT2D eigenvalue weighted by Crippen LogP contribution is -2.50. The number of carbonyl (C=O) groups excluding carboxylic acids is 3. The van der Waals surface area contributed by atoms with Gasteiger partial charge in [-0.3, -0.25) is 29.9 Å². The molecule has 4 rings (SSSR count). The van der Waals surface area contributed by atoms with Crippen LogP contribution in [0.5, 0.6) is 0 Å². The van der Waals surface area contributed by atoms with Crippen molar-refractivity contribution in [1.29, 1.82) is 5.41 Å². The molecule has 1 aliphatic rings. The van der Waals surface area contributed by atoms with Gasteiger partial charge in [-0.15, -0.1) is 11.3 Å². The number of halogens is 1. The van der Waals surface area contributed by atoms with E-state index in [1.807, 2.05) is 6.07 Å². The van der Waals surface area contributed by atoms with Crippen molar-refractivity contribution >= 4 is 52.2 Å². The summed E-state index contributed by atoms with van der Waals surface area (Å²) in [4.78, 5) is 53.1. The number of hydrogen-bond acceptors (Lipinski definition) is 8. The highest BCUT2D eigenvalue weighted by atomic mass is 35.5. The number of carbonyl (C=O) groups is 3. The van der Waals surface area contributed by atoms with Crippen LogP contribution in [-0.4, -0.2) is 52.6 Å². The first-order chi connectivity index (χ1) is 19.5. The lowest BCUT2D eigenvalue weighted by atomic mass is 10.0. The number of non-ortho nitro benzene ring substituents is 1. The Morgan fingerprint density at radius 2 is 1.90 bits per heavy atom. The zero-order valence-corrected chi connectivity index (χ0v) is 23.7. The molecule has 0 radical (unpaired) electrons. The van der Waals surface area contributed by atoms with Crippen molar-refractivity contribution < 1.29 is 24.0 Å². The van der Waals surface area contributed by atoms with E-state index in [4.69, 9.17) is 27.5 Å². The van der Waals surface area contributed by atoms with Gasteiger partial charge in [0, 0.05) is 52.5 Å². The van der Waals surface area contributed by atoms with Crippen LogP contribution in [0, 0.1) is 15.5 Å². The summed E-state index contributed by atoms with van der Waals surface area (Å²) in [6.45, 7) is 2.78. The Bertz CT molecular complexity index is 1510. The smallest absolute Gasteiger partial charge is 0.311 e. The number of esters is 1. The lowest BCUT2D eigenvalue weighted by Gasteiger charge is -2.31. The first-order valence-electron chi connectivity index (χ1n) is 12.8. The maximum atomic E-state index is 13.8. The molecule has 2 amide bonds. The summed E-state index contributed by atoms with van der Waals surface area (Å²) >= 11 is 7.86. The van der Waals surface area contributed by atoms with Crippen molar-refractivity contribution in [3.8, 4) is 0 Å². The van der Waals surface area contributed by atoms with Crippen molar-refractivity contribution in [1.82, 2.24) is 10.2 Å². The molecule has 1 aromatic heterocycles. The maximum absolute atomic E-state index is 13.8. The molecule has 0 fully saturated rings. The van der Waals surface area contributed by atoms with Crippen LogP contribution in [0.2, 0.25) is 5.02 Å². The number of nitrogens with two attached hydrogens (primary N) is 1. The number of fused-ring (bicyclic) bond motifs is 1. The van der Waals surface area contributed by atoms with E-state index >= 15 is 0 Å². The van der Waals surface area contributed by atoms with Gasteiger partial charge in [-0.1, -0.05) is 29.8 Å². The fourth-order valence-corrected chi connectivity index (χ4v) is 5.93. The average molecular weight is 598 g/mol. The van der Waals surface area contributed by atoms with Crippen molar-refractivity contribution in [2.75, 3.05) is 13.2 Å². The number of nitrogens with zero attached hydrogens (tertiary/aromatic N) is 2. The molecule has 0 bridgehead atoms. The van der Waals surface area contributed by atoms with Gasteiger partial charge in [0.15, 0.2) is 0 Å². The number of nitrogen functional groups attached to an aromatic ring is 1. The van der Waals surface area contributed by atoms with Gasteiger partial charge in [0.05, 0.1) is 23.0 Å². The summed E-state index contributed by atoms with van der Waals surface area (Å²) < 4.78 is 5.05. The highest BCUT2D eigenvalue weighted by Crippen LogP contribution is 2.30. The van der Waals surface area contributed by atoms with E-state index in [1.165, 1.54) is 53.8 Å². The summed E-state index contributed by atoms with van der Waals surface area (Å²) in [5.74, 6) is -1.29. The predicted octanol–water partition coefficient (Wildman–Crippen LogP) is 3.63. The molecule has 3 aromatic rings. The number of nitrogens with one attached hydrogen (secondary N) is 2. The van der Waals surface area contributed by atoms with Gasteiger partial charge in [-0.25, -0.2) is 0 Å². The van der Waals surface area contributed by atoms with Crippen molar-refractivity contribution in [3.63, 3.8) is 0 Å². The lowest BCUT2D eigenvalue weighted by molar-refractivity contribution is -0.384. The van der Waals surface area contributed by atoms with Crippen LogP contribution < -0.4 is 11.1 Å². The van der Waals surface area contributed by atoms with Crippen LogP contribution in [0.25, 0.3) is 0 Å². The Balaban J connectivity index is 1.56. The van der Waals surface area contributed by atoms with Gasteiger partial charge >= 0.3 is 5.97 Å². The van der Waals surface area contributed by atoms with Gasteiger partial charge in [-0.05, 0) is 42.7 Å². The number of nitro groups is 1. The van der Waals surface area contributed by atoms with Crippen molar-refractivity contribution in [2.24, 2.45) is 5.73 Å². The van der Waals surface area contributed by atoms with E-state index in [9.17, 15) is 24.5 Å². The minimum atomic E-state index is -1.02. The topological polar surface area (TPSA) is 169 Å². The SMILES string of the molecule is CCOC(=O)Cc1cc2c(s1)CCN(C(=O)C(Cc1ccc([N+](=O)[O-])cc1Cl)NC(=O)c1ccc(C(=N)N)cc1)C2. The molecule has 1 unspecified atom stereocenters. The first kappa shape index (κ1) is 29.7. The van der Waals surface area contributed by atoms with Crippen LogP contribution in [-0.2, 0) is 40.1 Å². The largest absolute Gasteiger partial charge is 0.466 e. The fraction of sp³-hybridized carbons (Fsp3) is 0.286. The molecule has 0 spiro atoms. The second-order valence-electron chi connectivity index (χ2n) is 9.41. The Hall–Kier alpha value is -4.29. The van der Waals surface area contributed by atoms with Crippen LogP contribution in [0.3, 0.4) is 0 Å². The standard InChI is InChI=1S/C28H28ClN5O6S/c1-2-40-25(35)14-21-11-19-15-33(10-9-24(19)41-21)28(37)23(12-18-7-8-20(34(38)39)13-22(18)29)32-27(36)17-5-3-16(4-6-17)26(30)31/h3-8,11,13,23H,2,9-10,12,14-15H2,1H3,(H3,30,31)(H,32,36). The minimum Gasteiger partial charge on any atom is -0.466 e. The van der Waals surface area contributed by atoms with E-state index in [0.29, 0.717) is 37.2 Å². The molecule has 13 heteroatoms. The monoisotopic (exact) mass is 597 g/mol. The minimum absolute atomic E-state index is 0.00797.